The van der Waals surface area contributed by atoms with Gasteiger partial charge in [-0.3, -0.25) is 14.9 Å². The number of benzene rings is 2. The van der Waals surface area contributed by atoms with E-state index in [1.165, 1.54) is 23.6 Å². The molecule has 0 fully saturated rings. The summed E-state index contributed by atoms with van der Waals surface area (Å²) in [5, 5.41) is 11.6. The van der Waals surface area contributed by atoms with E-state index in [1.54, 1.807) is 45.4 Å². The lowest BCUT2D eigenvalue weighted by Gasteiger charge is -2.31. The molecule has 8 nitrogen and oxygen atoms in total. The number of methoxy groups -OCH3 is 1. The largest absolute Gasteiger partial charge is 0.495 e. The lowest BCUT2D eigenvalue weighted by molar-refractivity contribution is 0.167. The van der Waals surface area contributed by atoms with Crippen molar-refractivity contribution in [2.24, 2.45) is 0 Å². The van der Waals surface area contributed by atoms with Gasteiger partial charge >= 0.3 is 6.09 Å². The first kappa shape index (κ1) is 28.8. The first-order valence-corrected chi connectivity index (χ1v) is 14.1. The van der Waals surface area contributed by atoms with Crippen molar-refractivity contribution in [1.29, 1.82) is 0 Å². The first-order chi connectivity index (χ1) is 19.5. The van der Waals surface area contributed by atoms with Gasteiger partial charge in [-0.25, -0.2) is 14.2 Å². The van der Waals surface area contributed by atoms with Gasteiger partial charge in [0.1, 0.15) is 27.4 Å². The van der Waals surface area contributed by atoms with Crippen LogP contribution in [0.25, 0.3) is 31.7 Å². The van der Waals surface area contributed by atoms with Crippen molar-refractivity contribution < 1.29 is 23.8 Å². The maximum absolute atomic E-state index is 15.5. The molecular formula is C29H25Cl2FN4O4S. The van der Waals surface area contributed by atoms with Gasteiger partial charge in [-0.15, -0.1) is 11.3 Å². The van der Waals surface area contributed by atoms with Crippen LogP contribution in [0.15, 0.2) is 42.7 Å². The van der Waals surface area contributed by atoms with E-state index in [1.807, 2.05) is 19.9 Å². The SMILES string of the molecule is COc1cnc2c(-c3nc4c(Cl)c(F)c(O[C@@H](C)C(C)N(C(=O)O)c5cnc(C)c(C)c5)cc4s3)cc(Cl)cc2c1. The van der Waals surface area contributed by atoms with E-state index in [4.69, 9.17) is 32.7 Å². The third-order valence-electron chi connectivity index (χ3n) is 6.93. The number of hydrogen-bond acceptors (Lipinski definition) is 7. The minimum atomic E-state index is -1.18. The quantitative estimate of drug-likeness (QED) is 0.197. The van der Waals surface area contributed by atoms with Gasteiger partial charge in [0, 0.05) is 27.7 Å². The van der Waals surface area contributed by atoms with Gasteiger partial charge in [0.05, 0.1) is 41.4 Å². The highest BCUT2D eigenvalue weighted by molar-refractivity contribution is 7.21. The van der Waals surface area contributed by atoms with Gasteiger partial charge in [0.15, 0.2) is 11.6 Å². The van der Waals surface area contributed by atoms with Gasteiger partial charge in [-0.1, -0.05) is 23.2 Å². The van der Waals surface area contributed by atoms with Gasteiger partial charge in [-0.05, 0) is 57.5 Å². The number of carboxylic acid groups (broad SMARTS) is 1. The number of rotatable bonds is 7. The zero-order valence-electron chi connectivity index (χ0n) is 22.7. The highest BCUT2D eigenvalue weighted by Gasteiger charge is 2.29. The molecule has 1 amide bonds. The van der Waals surface area contributed by atoms with Crippen molar-refractivity contribution in [3.05, 3.63) is 69.8 Å². The van der Waals surface area contributed by atoms with Crippen molar-refractivity contribution in [3.63, 3.8) is 0 Å². The van der Waals surface area contributed by atoms with E-state index in [0.29, 0.717) is 37.2 Å². The molecule has 1 N–H and O–H groups in total. The van der Waals surface area contributed by atoms with Crippen LogP contribution in [0.2, 0.25) is 10.0 Å². The van der Waals surface area contributed by atoms with Gasteiger partial charge in [0.2, 0.25) is 0 Å². The molecule has 3 heterocycles. The maximum atomic E-state index is 15.5. The number of anilines is 1. The molecule has 2 aromatic carbocycles. The molecule has 0 saturated heterocycles. The predicted octanol–water partition coefficient (Wildman–Crippen LogP) is 8.32. The summed E-state index contributed by atoms with van der Waals surface area (Å²) in [6, 6.07) is 7.91. The number of amides is 1. The number of halogens is 3. The fourth-order valence-electron chi connectivity index (χ4n) is 4.44. The number of hydrogen-bond donors (Lipinski definition) is 1. The average molecular weight is 616 g/mol. The molecule has 0 aliphatic carbocycles. The number of thiazole rings is 1. The fourth-order valence-corrected chi connectivity index (χ4v) is 5.98. The second kappa shape index (κ2) is 11.3. The fraction of sp³-hybridized carbons (Fsp3) is 0.241. The summed E-state index contributed by atoms with van der Waals surface area (Å²) >= 11 is 14.1. The zero-order chi connectivity index (χ0) is 29.6. The summed E-state index contributed by atoms with van der Waals surface area (Å²) in [4.78, 5) is 26.8. The minimum absolute atomic E-state index is 0.112. The molecule has 5 aromatic rings. The molecular weight excluding hydrogens is 590 g/mol. The molecule has 0 bridgehead atoms. The monoisotopic (exact) mass is 614 g/mol. The molecule has 3 aromatic heterocycles. The van der Waals surface area contributed by atoms with Crippen LogP contribution in [0.4, 0.5) is 14.9 Å². The normalized spacial score (nSPS) is 12.9. The first-order valence-electron chi connectivity index (χ1n) is 12.5. The third kappa shape index (κ3) is 5.47. The number of pyridine rings is 2. The molecule has 2 atom stereocenters. The van der Waals surface area contributed by atoms with Gasteiger partial charge in [-0.2, -0.15) is 0 Å². The average Bonchev–Trinajstić information content (AvgIpc) is 3.36. The Kier molecular flexibility index (Phi) is 7.91. The number of carbonyl (C=O) groups is 1. The Morgan fingerprint density at radius 2 is 1.83 bits per heavy atom. The van der Waals surface area contributed by atoms with Crippen molar-refractivity contribution >= 4 is 67.4 Å². The summed E-state index contributed by atoms with van der Waals surface area (Å²) in [6.45, 7) is 7.05. The number of aromatic nitrogens is 3. The zero-order valence-corrected chi connectivity index (χ0v) is 25.0. The molecule has 0 aliphatic heterocycles. The van der Waals surface area contributed by atoms with Crippen molar-refractivity contribution in [2.75, 3.05) is 12.0 Å². The highest BCUT2D eigenvalue weighted by atomic mass is 35.5. The van der Waals surface area contributed by atoms with Crippen LogP contribution in [0.1, 0.15) is 25.1 Å². The summed E-state index contributed by atoms with van der Waals surface area (Å²) in [6.07, 6.45) is 1.16. The molecule has 0 aliphatic rings. The maximum Gasteiger partial charge on any atom is 0.412 e. The number of nitrogens with zero attached hydrogens (tertiary/aromatic N) is 4. The van der Waals surface area contributed by atoms with Crippen LogP contribution >= 0.6 is 34.5 Å². The lowest BCUT2D eigenvalue weighted by Crippen LogP contribution is -2.46. The highest BCUT2D eigenvalue weighted by Crippen LogP contribution is 2.42. The number of aryl methyl sites for hydroxylation is 2. The third-order valence-corrected chi connectivity index (χ3v) is 8.53. The molecule has 212 valence electrons. The number of ether oxygens (including phenoxy) is 2. The van der Waals surface area contributed by atoms with E-state index in [2.05, 4.69) is 15.0 Å². The molecule has 0 spiro atoms. The van der Waals surface area contributed by atoms with E-state index in [-0.39, 0.29) is 16.3 Å². The topological polar surface area (TPSA) is 97.7 Å². The smallest absolute Gasteiger partial charge is 0.412 e. The molecule has 0 radical (unpaired) electrons. The standard InChI is InChI=1S/C29H25Cl2FN4O4S/c1-13-6-19(11-33-14(13)2)36(29(37)38)15(3)16(4)40-22-10-23-27(24(31)25(22)32)35-28(41-23)21-9-18(30)7-17-8-20(39-5)12-34-26(17)21/h6-12,15-16H,1-5H3,(H,37,38)/t15?,16-/m0/s1. The van der Waals surface area contributed by atoms with Crippen LogP contribution in [0, 0.1) is 19.7 Å². The van der Waals surface area contributed by atoms with E-state index in [0.717, 1.165) is 21.5 Å². The number of fused-ring (bicyclic) bond motifs is 2. The predicted molar refractivity (Wildman–Crippen MR) is 161 cm³/mol. The molecule has 1 unspecified atom stereocenters. The molecule has 41 heavy (non-hydrogen) atoms. The van der Waals surface area contributed by atoms with Crippen molar-refractivity contribution in [2.45, 2.75) is 39.8 Å². The van der Waals surface area contributed by atoms with E-state index in [9.17, 15) is 9.90 Å². The Bertz CT molecular complexity index is 1820. The van der Waals surface area contributed by atoms with Crippen LogP contribution in [-0.2, 0) is 0 Å². The Morgan fingerprint density at radius 3 is 2.51 bits per heavy atom. The molecule has 12 heteroatoms. The van der Waals surface area contributed by atoms with Gasteiger partial charge in [0.25, 0.3) is 0 Å². The summed E-state index contributed by atoms with van der Waals surface area (Å²) < 4.78 is 27.3. The summed E-state index contributed by atoms with van der Waals surface area (Å²) in [5.41, 5.74) is 3.62. The van der Waals surface area contributed by atoms with Crippen LogP contribution in [-0.4, -0.2) is 45.4 Å². The molecule has 5 rings (SSSR count). The second-order valence-electron chi connectivity index (χ2n) is 9.58. The van der Waals surface area contributed by atoms with E-state index < -0.39 is 24.1 Å². The van der Waals surface area contributed by atoms with Crippen molar-refractivity contribution in [3.8, 4) is 22.1 Å². The van der Waals surface area contributed by atoms with Crippen molar-refractivity contribution in [1.82, 2.24) is 15.0 Å². The lowest BCUT2D eigenvalue weighted by atomic mass is 10.1. The minimum Gasteiger partial charge on any atom is -0.495 e. The van der Waals surface area contributed by atoms with Crippen LogP contribution < -0.4 is 14.4 Å². The summed E-state index contributed by atoms with van der Waals surface area (Å²) in [7, 11) is 1.56. The van der Waals surface area contributed by atoms with Crippen LogP contribution in [0.5, 0.6) is 11.5 Å². The Hall–Kier alpha value is -3.73. The summed E-state index contributed by atoms with van der Waals surface area (Å²) in [5.74, 6) is -0.316. The Morgan fingerprint density at radius 1 is 1.07 bits per heavy atom. The second-order valence-corrected chi connectivity index (χ2v) is 11.4. The Labute approximate surface area is 249 Å². The Balaban J connectivity index is 1.50. The molecule has 0 saturated carbocycles. The van der Waals surface area contributed by atoms with Gasteiger partial charge < -0.3 is 14.6 Å². The van der Waals surface area contributed by atoms with Crippen LogP contribution in [0.3, 0.4) is 0 Å². The van der Waals surface area contributed by atoms with E-state index >= 15 is 4.39 Å².